The third kappa shape index (κ3) is 4.01. The summed E-state index contributed by atoms with van der Waals surface area (Å²) in [5.41, 5.74) is 0.109. The molecule has 0 heterocycles. The van der Waals surface area contributed by atoms with Gasteiger partial charge in [-0.2, -0.15) is 0 Å². The zero-order valence-corrected chi connectivity index (χ0v) is 6.23. The molecule has 0 saturated heterocycles. The third-order valence-corrected chi connectivity index (χ3v) is 1.48. The van der Waals surface area contributed by atoms with E-state index in [9.17, 15) is 4.79 Å². The molecular formula is C7H13O2. The lowest BCUT2D eigenvalue weighted by atomic mass is 9.92. The highest BCUT2D eigenvalue weighted by Crippen LogP contribution is 2.18. The van der Waals surface area contributed by atoms with Crippen LogP contribution in [0.4, 0.5) is 0 Å². The molecule has 0 aromatic heterocycles. The molecule has 53 valence electrons. The van der Waals surface area contributed by atoms with Crippen LogP contribution in [0.1, 0.15) is 27.2 Å². The first-order chi connectivity index (χ1) is 4.12. The predicted molar refractivity (Wildman–Crippen MR) is 35.7 cm³/mol. The molecule has 0 amide bonds. The molecule has 2 nitrogen and oxygen atoms in total. The van der Waals surface area contributed by atoms with Gasteiger partial charge in [-0.15, -0.1) is 0 Å². The molecule has 0 aromatic rings. The molecule has 0 fully saturated rings. The fraction of sp³-hybridized carbons (Fsp3) is 0.857. The van der Waals surface area contributed by atoms with Crippen molar-refractivity contribution in [3.63, 3.8) is 0 Å². The van der Waals surface area contributed by atoms with E-state index in [1.54, 1.807) is 0 Å². The Morgan fingerprint density at radius 3 is 2.44 bits per heavy atom. The van der Waals surface area contributed by atoms with E-state index in [4.69, 9.17) is 0 Å². The van der Waals surface area contributed by atoms with Crippen molar-refractivity contribution in [3.8, 4) is 0 Å². The van der Waals surface area contributed by atoms with Crippen LogP contribution in [0.2, 0.25) is 0 Å². The molecular weight excluding hydrogens is 116 g/mol. The average Bonchev–Trinajstić information content (AvgIpc) is 1.84. The topological polar surface area (TPSA) is 26.3 Å². The lowest BCUT2D eigenvalue weighted by molar-refractivity contribution is 0.158. The maximum atomic E-state index is 9.62. The van der Waals surface area contributed by atoms with Gasteiger partial charge in [0.25, 0.3) is 0 Å². The zero-order valence-electron chi connectivity index (χ0n) is 6.23. The second-order valence-corrected chi connectivity index (χ2v) is 2.89. The summed E-state index contributed by atoms with van der Waals surface area (Å²) in [5.74, 6) is 0. The molecule has 0 N–H and O–H groups in total. The fourth-order valence-electron chi connectivity index (χ4n) is 0.327. The largest absolute Gasteiger partial charge is 0.457 e. The zero-order chi connectivity index (χ0) is 7.33. The second-order valence-electron chi connectivity index (χ2n) is 2.89. The van der Waals surface area contributed by atoms with Gasteiger partial charge in [0.1, 0.15) is 0 Å². The standard InChI is InChI=1S/C7H13O2/c1-4-7(2,3)5-9-6-8/h4-5H2,1-3H3. The minimum absolute atomic E-state index is 0.109. The highest BCUT2D eigenvalue weighted by molar-refractivity contribution is 5.38. The summed E-state index contributed by atoms with van der Waals surface area (Å²) in [5, 5.41) is 0. The van der Waals surface area contributed by atoms with Crippen LogP contribution >= 0.6 is 0 Å². The van der Waals surface area contributed by atoms with Crippen molar-refractivity contribution >= 4 is 6.47 Å². The van der Waals surface area contributed by atoms with Gasteiger partial charge in [-0.25, -0.2) is 4.79 Å². The van der Waals surface area contributed by atoms with Crippen molar-refractivity contribution < 1.29 is 9.53 Å². The molecule has 0 aliphatic heterocycles. The van der Waals surface area contributed by atoms with Gasteiger partial charge in [0.2, 0.25) is 0 Å². The number of hydrogen-bond acceptors (Lipinski definition) is 2. The number of carbonyl (C=O) groups excluding carboxylic acids is 1. The molecule has 0 saturated carbocycles. The van der Waals surface area contributed by atoms with E-state index < -0.39 is 0 Å². The van der Waals surface area contributed by atoms with E-state index in [-0.39, 0.29) is 5.41 Å². The first kappa shape index (κ1) is 8.47. The highest BCUT2D eigenvalue weighted by atomic mass is 16.5. The second kappa shape index (κ2) is 3.49. The molecule has 0 unspecified atom stereocenters. The van der Waals surface area contributed by atoms with Crippen molar-refractivity contribution in [3.05, 3.63) is 0 Å². The summed E-state index contributed by atoms with van der Waals surface area (Å²) in [6.45, 7) is 8.03. The smallest absolute Gasteiger partial charge is 0.417 e. The maximum absolute atomic E-state index is 9.62. The summed E-state index contributed by atoms with van der Waals surface area (Å²) in [4.78, 5) is 9.62. The van der Waals surface area contributed by atoms with E-state index in [2.05, 4.69) is 11.7 Å². The number of hydrogen-bond donors (Lipinski definition) is 0. The molecule has 0 aromatic carbocycles. The van der Waals surface area contributed by atoms with E-state index in [0.717, 1.165) is 6.42 Å². The Hall–Kier alpha value is -0.530. The summed E-state index contributed by atoms with van der Waals surface area (Å²) in [6, 6.07) is 0. The summed E-state index contributed by atoms with van der Waals surface area (Å²) in [6.07, 6.45) is 1.01. The minimum Gasteiger partial charge on any atom is -0.457 e. The normalized spacial score (nSPS) is 11.0. The van der Waals surface area contributed by atoms with Crippen molar-refractivity contribution in [1.82, 2.24) is 0 Å². The van der Waals surface area contributed by atoms with Gasteiger partial charge < -0.3 is 4.74 Å². The van der Waals surface area contributed by atoms with Gasteiger partial charge in [0.15, 0.2) is 0 Å². The van der Waals surface area contributed by atoms with Crippen molar-refractivity contribution in [2.45, 2.75) is 27.2 Å². The van der Waals surface area contributed by atoms with Gasteiger partial charge in [0, 0.05) is 0 Å². The lowest BCUT2D eigenvalue weighted by Crippen LogP contribution is -2.17. The Labute approximate surface area is 56.2 Å². The Balaban J connectivity index is 3.44. The first-order valence-electron chi connectivity index (χ1n) is 3.11. The Bertz CT molecular complexity index is 86.9. The van der Waals surface area contributed by atoms with Crippen LogP contribution in [0.25, 0.3) is 0 Å². The monoisotopic (exact) mass is 129 g/mol. The predicted octanol–water partition coefficient (Wildman–Crippen LogP) is 1.51. The van der Waals surface area contributed by atoms with Crippen molar-refractivity contribution in [2.24, 2.45) is 5.41 Å². The van der Waals surface area contributed by atoms with Crippen molar-refractivity contribution in [1.29, 1.82) is 0 Å². The first-order valence-corrected chi connectivity index (χ1v) is 3.11. The quantitative estimate of drug-likeness (QED) is 0.575. The molecule has 0 atom stereocenters. The fourth-order valence-corrected chi connectivity index (χ4v) is 0.327. The third-order valence-electron chi connectivity index (χ3n) is 1.48. The summed E-state index contributed by atoms with van der Waals surface area (Å²) < 4.78 is 4.48. The summed E-state index contributed by atoms with van der Waals surface area (Å²) >= 11 is 0. The Kier molecular flexibility index (Phi) is 3.28. The maximum Gasteiger partial charge on any atom is 0.417 e. The Morgan fingerprint density at radius 2 is 2.11 bits per heavy atom. The molecule has 9 heavy (non-hydrogen) atoms. The SMILES string of the molecule is CCC(C)(C)CO[C]=O. The van der Waals surface area contributed by atoms with E-state index in [1.807, 2.05) is 13.8 Å². The van der Waals surface area contributed by atoms with Crippen LogP contribution in [0, 0.1) is 5.41 Å². The van der Waals surface area contributed by atoms with Crippen LogP contribution in [0.5, 0.6) is 0 Å². The Morgan fingerprint density at radius 1 is 1.56 bits per heavy atom. The average molecular weight is 129 g/mol. The van der Waals surface area contributed by atoms with Crippen LogP contribution < -0.4 is 0 Å². The molecule has 1 radical (unpaired) electrons. The van der Waals surface area contributed by atoms with Gasteiger partial charge in [-0.1, -0.05) is 20.8 Å². The van der Waals surface area contributed by atoms with Gasteiger partial charge >= 0.3 is 6.47 Å². The van der Waals surface area contributed by atoms with Crippen LogP contribution in [0.15, 0.2) is 0 Å². The molecule has 0 spiro atoms. The molecule has 0 bridgehead atoms. The molecule has 0 aliphatic rings. The van der Waals surface area contributed by atoms with Crippen molar-refractivity contribution in [2.75, 3.05) is 6.61 Å². The van der Waals surface area contributed by atoms with Crippen LogP contribution in [-0.4, -0.2) is 13.1 Å². The molecule has 0 rings (SSSR count). The molecule has 0 aliphatic carbocycles. The number of rotatable bonds is 4. The minimum atomic E-state index is 0.109. The van der Waals surface area contributed by atoms with E-state index >= 15 is 0 Å². The van der Waals surface area contributed by atoms with Gasteiger partial charge in [-0.3, -0.25) is 0 Å². The van der Waals surface area contributed by atoms with Gasteiger partial charge in [0.05, 0.1) is 6.61 Å². The summed E-state index contributed by atoms with van der Waals surface area (Å²) in [7, 11) is 0. The number of ether oxygens (including phenoxy) is 1. The van der Waals surface area contributed by atoms with Crippen LogP contribution in [0.3, 0.4) is 0 Å². The van der Waals surface area contributed by atoms with Gasteiger partial charge in [-0.05, 0) is 11.8 Å². The van der Waals surface area contributed by atoms with Crippen LogP contribution in [-0.2, 0) is 9.53 Å². The lowest BCUT2D eigenvalue weighted by Gasteiger charge is -2.19. The van der Waals surface area contributed by atoms with E-state index in [1.165, 1.54) is 6.47 Å². The molecule has 2 heteroatoms. The van der Waals surface area contributed by atoms with E-state index in [0.29, 0.717) is 6.61 Å². The highest BCUT2D eigenvalue weighted by Gasteiger charge is 2.14.